The van der Waals surface area contributed by atoms with Crippen LogP contribution in [0.3, 0.4) is 0 Å². The summed E-state index contributed by atoms with van der Waals surface area (Å²) in [6.45, 7) is 2.59. The van der Waals surface area contributed by atoms with Gasteiger partial charge in [0.25, 0.3) is 0 Å². The average molecular weight is 337 g/mol. The van der Waals surface area contributed by atoms with Crippen LogP contribution in [0.15, 0.2) is 60.9 Å². The highest BCUT2D eigenvalue weighted by atomic mass is 32.1. The van der Waals surface area contributed by atoms with E-state index in [2.05, 4.69) is 34.0 Å². The van der Waals surface area contributed by atoms with Crippen molar-refractivity contribution in [1.29, 1.82) is 0 Å². The number of hydrogen-bond acceptors (Lipinski definition) is 5. The van der Waals surface area contributed by atoms with E-state index in [-0.39, 0.29) is 0 Å². The van der Waals surface area contributed by atoms with Gasteiger partial charge in [-0.3, -0.25) is 0 Å². The second kappa shape index (κ2) is 7.84. The molecule has 0 aliphatic heterocycles. The molecule has 2 aromatic carbocycles. The minimum Gasteiger partial charge on any atom is -0.493 e. The zero-order valence-corrected chi connectivity index (χ0v) is 14.3. The lowest BCUT2D eigenvalue weighted by molar-refractivity contribution is 0.341. The predicted molar refractivity (Wildman–Crippen MR) is 101 cm³/mol. The average Bonchev–Trinajstić information content (AvgIpc) is 2.63. The zero-order valence-electron chi connectivity index (χ0n) is 13.4. The molecule has 122 valence electrons. The number of rotatable bonds is 6. The summed E-state index contributed by atoms with van der Waals surface area (Å²) in [4.78, 5) is 8.69. The molecule has 4 nitrogen and oxygen atoms in total. The fourth-order valence-electron chi connectivity index (χ4n) is 2.43. The Morgan fingerprint density at radius 2 is 1.92 bits per heavy atom. The highest BCUT2D eigenvalue weighted by Crippen LogP contribution is 2.29. The van der Waals surface area contributed by atoms with Gasteiger partial charge in [0.05, 0.1) is 12.3 Å². The van der Waals surface area contributed by atoms with E-state index in [1.807, 2.05) is 55.5 Å². The number of aromatic nitrogens is 2. The third-order valence-corrected chi connectivity index (χ3v) is 3.88. The minimum atomic E-state index is 0.615. The summed E-state index contributed by atoms with van der Waals surface area (Å²) in [5, 5.41) is 3.31. The van der Waals surface area contributed by atoms with E-state index in [1.54, 1.807) is 6.33 Å². The van der Waals surface area contributed by atoms with Crippen LogP contribution >= 0.6 is 12.6 Å². The molecule has 0 saturated heterocycles. The first-order chi connectivity index (χ1) is 11.8. The van der Waals surface area contributed by atoms with Crippen molar-refractivity contribution >= 4 is 24.1 Å². The highest BCUT2D eigenvalue weighted by Gasteiger charge is 2.08. The second-order valence-corrected chi connectivity index (χ2v) is 5.52. The van der Waals surface area contributed by atoms with Gasteiger partial charge in [-0.2, -0.15) is 12.6 Å². The van der Waals surface area contributed by atoms with Crippen LogP contribution in [0, 0.1) is 0 Å². The Hall–Kier alpha value is -2.53. The Balaban J connectivity index is 1.89. The molecular formula is C19H19N3OS. The first kappa shape index (κ1) is 16.3. The van der Waals surface area contributed by atoms with E-state index < -0.39 is 0 Å². The molecule has 0 atom stereocenters. The maximum Gasteiger partial charge on any atom is 0.134 e. The van der Waals surface area contributed by atoms with Crippen LogP contribution in [0.25, 0.3) is 11.3 Å². The molecule has 0 saturated carbocycles. The minimum absolute atomic E-state index is 0.615. The zero-order chi connectivity index (χ0) is 16.8. The van der Waals surface area contributed by atoms with E-state index in [0.29, 0.717) is 12.4 Å². The predicted octanol–water partition coefficient (Wildman–Crippen LogP) is 4.72. The lowest BCUT2D eigenvalue weighted by Crippen LogP contribution is -1.98. The SMILES string of the molecule is CCOc1ccccc1-c1cc(Nc2cccc(CS)c2)ncn1. The Kier molecular flexibility index (Phi) is 5.33. The monoisotopic (exact) mass is 337 g/mol. The molecule has 0 bridgehead atoms. The van der Waals surface area contributed by atoms with Crippen LogP contribution in [0.2, 0.25) is 0 Å². The van der Waals surface area contributed by atoms with E-state index >= 15 is 0 Å². The third kappa shape index (κ3) is 3.86. The van der Waals surface area contributed by atoms with Crippen molar-refractivity contribution in [1.82, 2.24) is 9.97 Å². The number of thiol groups is 1. The van der Waals surface area contributed by atoms with Gasteiger partial charge in [0, 0.05) is 23.1 Å². The molecule has 1 N–H and O–H groups in total. The second-order valence-electron chi connectivity index (χ2n) is 5.20. The molecule has 5 heteroatoms. The first-order valence-electron chi connectivity index (χ1n) is 7.81. The van der Waals surface area contributed by atoms with Gasteiger partial charge in [-0.25, -0.2) is 9.97 Å². The van der Waals surface area contributed by atoms with Crippen LogP contribution < -0.4 is 10.1 Å². The van der Waals surface area contributed by atoms with Gasteiger partial charge >= 0.3 is 0 Å². The summed E-state index contributed by atoms with van der Waals surface area (Å²) in [6, 6.07) is 17.9. The van der Waals surface area contributed by atoms with Crippen LogP contribution in [0.5, 0.6) is 5.75 Å². The molecule has 1 heterocycles. The van der Waals surface area contributed by atoms with Crippen molar-refractivity contribution in [3.63, 3.8) is 0 Å². The van der Waals surface area contributed by atoms with Gasteiger partial charge in [0.1, 0.15) is 17.9 Å². The lowest BCUT2D eigenvalue weighted by atomic mass is 10.1. The Morgan fingerprint density at radius 1 is 1.04 bits per heavy atom. The number of nitrogens with one attached hydrogen (secondary N) is 1. The highest BCUT2D eigenvalue weighted by molar-refractivity contribution is 7.79. The summed E-state index contributed by atoms with van der Waals surface area (Å²) in [7, 11) is 0. The quantitative estimate of drug-likeness (QED) is 0.639. The fourth-order valence-corrected chi connectivity index (χ4v) is 2.62. The largest absolute Gasteiger partial charge is 0.493 e. The van der Waals surface area contributed by atoms with Crippen LogP contribution in [-0.2, 0) is 5.75 Å². The van der Waals surface area contributed by atoms with Crippen LogP contribution in [0.4, 0.5) is 11.5 Å². The summed E-state index contributed by atoms with van der Waals surface area (Å²) >= 11 is 4.31. The molecule has 0 aliphatic rings. The van der Waals surface area contributed by atoms with E-state index in [9.17, 15) is 0 Å². The molecule has 3 rings (SSSR count). The topological polar surface area (TPSA) is 47.0 Å². The van der Waals surface area contributed by atoms with Crippen molar-refractivity contribution in [3.8, 4) is 17.0 Å². The smallest absolute Gasteiger partial charge is 0.134 e. The summed E-state index contributed by atoms with van der Waals surface area (Å²) < 4.78 is 5.69. The number of anilines is 2. The molecule has 0 aliphatic carbocycles. The Morgan fingerprint density at radius 3 is 2.75 bits per heavy atom. The maximum atomic E-state index is 5.69. The van der Waals surface area contributed by atoms with Crippen molar-refractivity contribution < 1.29 is 4.74 Å². The van der Waals surface area contributed by atoms with Gasteiger partial charge in [0.15, 0.2) is 0 Å². The first-order valence-corrected chi connectivity index (χ1v) is 8.44. The Labute approximate surface area is 147 Å². The number of ether oxygens (including phenoxy) is 1. The van der Waals surface area contributed by atoms with E-state index in [0.717, 1.165) is 34.1 Å². The van der Waals surface area contributed by atoms with Crippen LogP contribution in [-0.4, -0.2) is 16.6 Å². The lowest BCUT2D eigenvalue weighted by Gasteiger charge is -2.11. The number of hydrogen-bond donors (Lipinski definition) is 2. The third-order valence-electron chi connectivity index (χ3n) is 3.51. The van der Waals surface area contributed by atoms with Gasteiger partial charge in [-0.05, 0) is 36.8 Å². The van der Waals surface area contributed by atoms with Crippen molar-refractivity contribution in [2.45, 2.75) is 12.7 Å². The normalized spacial score (nSPS) is 10.4. The van der Waals surface area contributed by atoms with Gasteiger partial charge in [0.2, 0.25) is 0 Å². The molecule has 0 spiro atoms. The number of para-hydroxylation sites is 1. The molecule has 1 aromatic heterocycles. The molecule has 3 aromatic rings. The summed E-state index contributed by atoms with van der Waals surface area (Å²) in [6.07, 6.45) is 1.56. The molecule has 0 amide bonds. The maximum absolute atomic E-state index is 5.69. The van der Waals surface area contributed by atoms with Gasteiger partial charge < -0.3 is 10.1 Å². The van der Waals surface area contributed by atoms with Crippen LogP contribution in [0.1, 0.15) is 12.5 Å². The van der Waals surface area contributed by atoms with Gasteiger partial charge in [-0.15, -0.1) is 0 Å². The van der Waals surface area contributed by atoms with E-state index in [4.69, 9.17) is 4.74 Å². The number of benzene rings is 2. The molecule has 24 heavy (non-hydrogen) atoms. The standard InChI is InChI=1S/C19H19N3OS/c1-2-23-18-9-4-3-8-16(18)17-11-19(21-13-20-17)22-15-7-5-6-14(10-15)12-24/h3-11,13,24H,2,12H2,1H3,(H,20,21,22). The fraction of sp³-hybridized carbons (Fsp3) is 0.158. The number of nitrogens with zero attached hydrogens (tertiary/aromatic N) is 2. The molecule has 0 radical (unpaired) electrons. The summed E-state index contributed by atoms with van der Waals surface area (Å²) in [5.41, 5.74) is 3.90. The molecular weight excluding hydrogens is 318 g/mol. The Bertz CT molecular complexity index is 823. The van der Waals surface area contributed by atoms with Crippen molar-refractivity contribution in [2.24, 2.45) is 0 Å². The molecule has 0 unspecified atom stereocenters. The van der Waals surface area contributed by atoms with E-state index in [1.165, 1.54) is 0 Å². The van der Waals surface area contributed by atoms with Crippen molar-refractivity contribution in [3.05, 3.63) is 66.5 Å². The molecule has 0 fully saturated rings. The summed E-state index contributed by atoms with van der Waals surface area (Å²) in [5.74, 6) is 2.26. The van der Waals surface area contributed by atoms with Crippen molar-refractivity contribution in [2.75, 3.05) is 11.9 Å². The van der Waals surface area contributed by atoms with Gasteiger partial charge in [-0.1, -0.05) is 24.3 Å².